The fourth-order valence-corrected chi connectivity index (χ4v) is 1.17. The van der Waals surface area contributed by atoms with Gasteiger partial charge in [-0.2, -0.15) is 5.10 Å². The molecule has 18 heavy (non-hydrogen) atoms. The van der Waals surface area contributed by atoms with Gasteiger partial charge in [-0.3, -0.25) is 10.2 Å². The summed E-state index contributed by atoms with van der Waals surface area (Å²) in [4.78, 5) is 9.00. The Morgan fingerprint density at radius 1 is 1.67 bits per heavy atom. The summed E-state index contributed by atoms with van der Waals surface area (Å²) in [5.74, 6) is -1.41. The first-order valence-corrected chi connectivity index (χ1v) is 5.40. The monoisotopic (exact) mass is 318 g/mol. The van der Waals surface area contributed by atoms with Crippen LogP contribution in [-0.4, -0.2) is 23.2 Å². The number of hydrogen-bond acceptors (Lipinski definition) is 3. The lowest BCUT2D eigenvalue weighted by atomic mass is 10.2. The first-order valence-electron chi connectivity index (χ1n) is 4.60. The Labute approximate surface area is 111 Å². The Balaban J connectivity index is 0.000000631. The number of carboxylic acid groups (broad SMARTS) is 1. The van der Waals surface area contributed by atoms with Crippen LogP contribution in [-0.2, 0) is 4.79 Å². The van der Waals surface area contributed by atoms with Gasteiger partial charge in [0.25, 0.3) is 5.97 Å². The van der Waals surface area contributed by atoms with E-state index in [-0.39, 0.29) is 11.8 Å². The second-order valence-corrected chi connectivity index (χ2v) is 3.83. The van der Waals surface area contributed by atoms with Crippen LogP contribution in [0.1, 0.15) is 12.5 Å². The number of halogens is 2. The number of nitrogens with zero attached hydrogens (tertiary/aromatic N) is 1. The summed E-state index contributed by atoms with van der Waals surface area (Å²) in [5, 5.41) is 17.9. The first kappa shape index (κ1) is 16.0. The molecule has 98 valence electrons. The predicted molar refractivity (Wildman–Crippen MR) is 70.1 cm³/mol. The maximum Gasteiger partial charge on any atom is 0.300 e. The summed E-state index contributed by atoms with van der Waals surface area (Å²) in [6.45, 7) is 1.08. The number of hydrazone groups is 1. The summed E-state index contributed by atoms with van der Waals surface area (Å²) in [6, 6.07) is 4.45. The van der Waals surface area contributed by atoms with Crippen molar-refractivity contribution in [1.29, 1.82) is 5.41 Å². The molecule has 0 atom stereocenters. The largest absolute Gasteiger partial charge is 0.481 e. The van der Waals surface area contributed by atoms with Crippen LogP contribution in [0.15, 0.2) is 27.8 Å². The Kier molecular flexibility index (Phi) is 7.29. The molecule has 5 N–H and O–H groups in total. The van der Waals surface area contributed by atoms with Gasteiger partial charge >= 0.3 is 0 Å². The highest BCUT2D eigenvalue weighted by atomic mass is 79.9. The van der Waals surface area contributed by atoms with Crippen LogP contribution in [0.4, 0.5) is 4.39 Å². The second kappa shape index (κ2) is 8.18. The third-order valence-electron chi connectivity index (χ3n) is 1.34. The van der Waals surface area contributed by atoms with Crippen LogP contribution in [0.3, 0.4) is 0 Å². The molecule has 6 nitrogen and oxygen atoms in total. The number of carbonyl (C=O) groups is 1. The van der Waals surface area contributed by atoms with Gasteiger partial charge in [-0.15, -0.1) is 0 Å². The number of nitrogens with one attached hydrogen (secondary N) is 2. The second-order valence-electron chi connectivity index (χ2n) is 2.98. The van der Waals surface area contributed by atoms with E-state index in [9.17, 15) is 4.39 Å². The molecule has 0 unspecified atom stereocenters. The summed E-state index contributed by atoms with van der Waals surface area (Å²) in [5.41, 5.74) is 7.95. The molecule has 0 amide bonds. The van der Waals surface area contributed by atoms with Crippen LogP contribution in [0, 0.1) is 11.2 Å². The molecule has 0 bridgehead atoms. The van der Waals surface area contributed by atoms with Gasteiger partial charge in [0.05, 0.1) is 10.7 Å². The topological polar surface area (TPSA) is 112 Å². The molecule has 0 aliphatic carbocycles. The van der Waals surface area contributed by atoms with Gasteiger partial charge in [0.15, 0.2) is 0 Å². The normalized spacial score (nSPS) is 9.50. The zero-order valence-electron chi connectivity index (χ0n) is 9.45. The van der Waals surface area contributed by atoms with Gasteiger partial charge < -0.3 is 10.8 Å². The number of benzene rings is 1. The third-order valence-corrected chi connectivity index (χ3v) is 1.95. The highest BCUT2D eigenvalue weighted by Crippen LogP contribution is 2.15. The van der Waals surface area contributed by atoms with Crippen molar-refractivity contribution in [2.24, 2.45) is 10.8 Å². The summed E-state index contributed by atoms with van der Waals surface area (Å²) >= 11 is 3.04. The molecule has 0 aliphatic rings. The number of guanidine groups is 1. The minimum atomic E-state index is -0.833. The van der Waals surface area contributed by atoms with Gasteiger partial charge in [0.2, 0.25) is 5.96 Å². The molecule has 0 aromatic heterocycles. The smallest absolute Gasteiger partial charge is 0.300 e. The maximum absolute atomic E-state index is 12.8. The van der Waals surface area contributed by atoms with Gasteiger partial charge in [0, 0.05) is 6.92 Å². The van der Waals surface area contributed by atoms with E-state index >= 15 is 0 Å². The zero-order chi connectivity index (χ0) is 14.1. The molecular weight excluding hydrogens is 307 g/mol. The van der Waals surface area contributed by atoms with Gasteiger partial charge in [0.1, 0.15) is 5.82 Å². The minimum absolute atomic E-state index is 0.248. The summed E-state index contributed by atoms with van der Waals surface area (Å²) < 4.78 is 13.2. The highest BCUT2D eigenvalue weighted by molar-refractivity contribution is 9.10. The number of aliphatic carboxylic acids is 1. The van der Waals surface area contributed by atoms with Crippen molar-refractivity contribution in [2.45, 2.75) is 6.92 Å². The van der Waals surface area contributed by atoms with Gasteiger partial charge in [-0.05, 0) is 33.6 Å². The van der Waals surface area contributed by atoms with E-state index in [1.165, 1.54) is 12.3 Å². The van der Waals surface area contributed by atoms with Gasteiger partial charge in [-0.1, -0.05) is 6.07 Å². The number of rotatable bonds is 2. The fourth-order valence-electron chi connectivity index (χ4n) is 0.769. The SMILES string of the molecule is CC(=O)O.N=C(N)NN=Cc1ccc(F)c(Br)c1. The molecule has 8 heteroatoms. The van der Waals surface area contributed by atoms with Crippen molar-refractivity contribution in [3.8, 4) is 0 Å². The number of carboxylic acids is 1. The summed E-state index contributed by atoms with van der Waals surface area (Å²) in [6.07, 6.45) is 1.44. The first-order chi connectivity index (χ1) is 8.32. The molecule has 0 saturated heterocycles. The van der Waals surface area contributed by atoms with Crippen LogP contribution in [0.25, 0.3) is 0 Å². The average Bonchev–Trinajstić information content (AvgIpc) is 2.22. The van der Waals surface area contributed by atoms with Crippen molar-refractivity contribution < 1.29 is 14.3 Å². The van der Waals surface area contributed by atoms with E-state index < -0.39 is 5.97 Å². The molecule has 1 aromatic rings. The molecule has 0 heterocycles. The lowest BCUT2D eigenvalue weighted by molar-refractivity contribution is -0.134. The van der Waals surface area contributed by atoms with Crippen molar-refractivity contribution >= 4 is 34.1 Å². The van der Waals surface area contributed by atoms with Crippen LogP contribution < -0.4 is 11.2 Å². The molecular formula is C10H12BrFN4O2. The standard InChI is InChI=1S/C8H8BrFN4.C2H4O2/c9-6-3-5(1-2-7(6)10)4-13-14-8(11)12;1-2(3)4/h1-4H,(H4,11,12,14);1H3,(H,3,4). The molecule has 0 fully saturated rings. The van der Waals surface area contributed by atoms with E-state index in [0.717, 1.165) is 6.92 Å². The Morgan fingerprint density at radius 2 is 2.22 bits per heavy atom. The van der Waals surface area contributed by atoms with Gasteiger partial charge in [-0.25, -0.2) is 9.82 Å². The van der Waals surface area contributed by atoms with Crippen molar-refractivity contribution in [1.82, 2.24) is 5.43 Å². The molecule has 0 aliphatic heterocycles. The zero-order valence-corrected chi connectivity index (χ0v) is 11.0. The average molecular weight is 319 g/mol. The number of hydrogen-bond donors (Lipinski definition) is 4. The molecule has 1 aromatic carbocycles. The third kappa shape index (κ3) is 8.22. The van der Waals surface area contributed by atoms with Crippen molar-refractivity contribution in [2.75, 3.05) is 0 Å². The minimum Gasteiger partial charge on any atom is -0.481 e. The predicted octanol–water partition coefficient (Wildman–Crippen LogP) is 1.50. The molecule has 0 spiro atoms. The molecule has 0 saturated carbocycles. The lowest BCUT2D eigenvalue weighted by Crippen LogP contribution is -2.25. The Bertz CT molecular complexity index is 461. The van der Waals surface area contributed by atoms with Crippen LogP contribution in [0.5, 0.6) is 0 Å². The Morgan fingerprint density at radius 3 is 2.67 bits per heavy atom. The van der Waals surface area contributed by atoms with E-state index in [1.807, 2.05) is 0 Å². The molecule has 0 radical (unpaired) electrons. The van der Waals surface area contributed by atoms with Crippen molar-refractivity contribution in [3.05, 3.63) is 34.1 Å². The van der Waals surface area contributed by atoms with E-state index in [0.29, 0.717) is 10.0 Å². The van der Waals surface area contributed by atoms with Crippen LogP contribution in [0.2, 0.25) is 0 Å². The van der Waals surface area contributed by atoms with Crippen LogP contribution >= 0.6 is 15.9 Å². The number of nitrogens with two attached hydrogens (primary N) is 1. The maximum atomic E-state index is 12.8. The lowest BCUT2D eigenvalue weighted by Gasteiger charge is -1.97. The highest BCUT2D eigenvalue weighted by Gasteiger charge is 1.97. The van der Waals surface area contributed by atoms with E-state index in [4.69, 9.17) is 21.0 Å². The van der Waals surface area contributed by atoms with E-state index in [2.05, 4.69) is 26.5 Å². The Hall–Kier alpha value is -1.96. The quantitative estimate of drug-likeness (QED) is 0.376. The fraction of sp³-hybridized carbons (Fsp3) is 0.100. The van der Waals surface area contributed by atoms with Crippen molar-refractivity contribution in [3.63, 3.8) is 0 Å². The summed E-state index contributed by atoms with van der Waals surface area (Å²) in [7, 11) is 0. The van der Waals surface area contributed by atoms with E-state index in [1.54, 1.807) is 12.1 Å². The molecule has 1 rings (SSSR count).